The summed E-state index contributed by atoms with van der Waals surface area (Å²) in [5, 5.41) is 8.63. The third-order valence-electron chi connectivity index (χ3n) is 3.61. The normalized spacial score (nSPS) is 11.2. The minimum absolute atomic E-state index is 0.668. The lowest BCUT2D eigenvalue weighted by molar-refractivity contribution is 0.211. The molecule has 2 heterocycles. The molecule has 0 amide bonds. The average molecular weight is 285 g/mol. The predicted molar refractivity (Wildman–Crippen MR) is 83.6 cm³/mol. The van der Waals surface area contributed by atoms with E-state index in [1.807, 2.05) is 20.0 Å². The van der Waals surface area contributed by atoms with Crippen LogP contribution >= 0.6 is 0 Å². The Morgan fingerprint density at radius 2 is 2.19 bits per heavy atom. The Labute approximate surface area is 123 Å². The van der Waals surface area contributed by atoms with E-state index in [1.165, 1.54) is 5.39 Å². The fourth-order valence-corrected chi connectivity index (χ4v) is 2.64. The number of anilines is 1. The summed E-state index contributed by atoms with van der Waals surface area (Å²) in [5.41, 5.74) is 5.23. The van der Waals surface area contributed by atoms with Crippen LogP contribution in [0, 0.1) is 13.8 Å². The molecule has 0 atom stereocenters. The van der Waals surface area contributed by atoms with Crippen molar-refractivity contribution in [3.8, 4) is 11.1 Å². The van der Waals surface area contributed by atoms with E-state index in [0.29, 0.717) is 6.61 Å². The fourth-order valence-electron chi connectivity index (χ4n) is 2.64. The highest BCUT2D eigenvalue weighted by Crippen LogP contribution is 2.33. The van der Waals surface area contributed by atoms with Gasteiger partial charge in [0.1, 0.15) is 5.76 Å². The number of ether oxygens (including phenoxy) is 1. The lowest BCUT2D eigenvalue weighted by Gasteiger charge is -2.10. The van der Waals surface area contributed by atoms with E-state index < -0.39 is 0 Å². The van der Waals surface area contributed by atoms with Crippen LogP contribution in [-0.2, 0) is 4.74 Å². The number of methoxy groups -OCH3 is 1. The fraction of sp³-hybridized carbons (Fsp3) is 0.312. The van der Waals surface area contributed by atoms with E-state index in [2.05, 4.69) is 33.7 Å². The van der Waals surface area contributed by atoms with Crippen molar-refractivity contribution in [2.75, 3.05) is 25.6 Å². The van der Waals surface area contributed by atoms with E-state index in [0.717, 1.165) is 40.3 Å². The largest absolute Gasteiger partial charge is 0.383 e. The number of benzene rings is 1. The van der Waals surface area contributed by atoms with E-state index >= 15 is 0 Å². The molecule has 0 saturated carbocycles. The minimum atomic E-state index is 0.668. The van der Waals surface area contributed by atoms with Gasteiger partial charge in [0.2, 0.25) is 0 Å². The molecule has 0 aliphatic rings. The summed E-state index contributed by atoms with van der Waals surface area (Å²) >= 11 is 0. The Morgan fingerprint density at radius 3 is 2.90 bits per heavy atom. The van der Waals surface area contributed by atoms with Gasteiger partial charge in [0.15, 0.2) is 0 Å². The molecule has 0 radical (unpaired) electrons. The van der Waals surface area contributed by atoms with Gasteiger partial charge >= 0.3 is 0 Å². The highest BCUT2D eigenvalue weighted by atomic mass is 16.5. The van der Waals surface area contributed by atoms with Crippen LogP contribution in [0.1, 0.15) is 11.5 Å². The summed E-state index contributed by atoms with van der Waals surface area (Å²) in [6, 6.07) is 6.34. The van der Waals surface area contributed by atoms with Gasteiger partial charge in [-0.3, -0.25) is 0 Å². The number of hydrogen-bond donors (Lipinski definition) is 2. The summed E-state index contributed by atoms with van der Waals surface area (Å²) in [7, 11) is 1.70. The summed E-state index contributed by atoms with van der Waals surface area (Å²) in [5.74, 6) is 0.834. The number of nitrogens with one attached hydrogen (secondary N) is 2. The Kier molecular flexibility index (Phi) is 3.66. The van der Waals surface area contributed by atoms with Gasteiger partial charge < -0.3 is 19.6 Å². The van der Waals surface area contributed by atoms with E-state index in [9.17, 15) is 0 Å². The first-order valence-electron chi connectivity index (χ1n) is 6.98. The van der Waals surface area contributed by atoms with Crippen molar-refractivity contribution in [1.82, 2.24) is 10.1 Å². The molecule has 5 nitrogen and oxygen atoms in total. The summed E-state index contributed by atoms with van der Waals surface area (Å²) in [4.78, 5) is 3.27. The SMILES string of the molecule is COCCNc1cc(-c2c(C)noc2C)cc2[nH]ccc12. The Morgan fingerprint density at radius 1 is 1.33 bits per heavy atom. The van der Waals surface area contributed by atoms with Crippen LogP contribution in [0.15, 0.2) is 28.9 Å². The Hall–Kier alpha value is -2.27. The lowest BCUT2D eigenvalue weighted by Crippen LogP contribution is -2.07. The van der Waals surface area contributed by atoms with Crippen molar-refractivity contribution >= 4 is 16.6 Å². The number of H-pyrrole nitrogens is 1. The van der Waals surface area contributed by atoms with Gasteiger partial charge in [-0.1, -0.05) is 5.16 Å². The molecule has 0 fully saturated rings. The molecule has 0 aliphatic carbocycles. The topological polar surface area (TPSA) is 63.1 Å². The van der Waals surface area contributed by atoms with Crippen molar-refractivity contribution in [3.05, 3.63) is 35.9 Å². The van der Waals surface area contributed by atoms with Crippen molar-refractivity contribution in [2.24, 2.45) is 0 Å². The summed E-state index contributed by atoms with van der Waals surface area (Å²) in [6.07, 6.45) is 1.95. The first-order valence-corrected chi connectivity index (χ1v) is 6.98. The van der Waals surface area contributed by atoms with Crippen LogP contribution in [0.4, 0.5) is 5.69 Å². The highest BCUT2D eigenvalue weighted by Gasteiger charge is 2.14. The van der Waals surface area contributed by atoms with Crippen LogP contribution in [0.25, 0.3) is 22.0 Å². The van der Waals surface area contributed by atoms with Crippen molar-refractivity contribution < 1.29 is 9.26 Å². The van der Waals surface area contributed by atoms with Crippen molar-refractivity contribution in [3.63, 3.8) is 0 Å². The van der Waals surface area contributed by atoms with Gasteiger partial charge in [0.25, 0.3) is 0 Å². The third-order valence-corrected chi connectivity index (χ3v) is 3.61. The highest BCUT2D eigenvalue weighted by molar-refractivity contribution is 5.96. The zero-order valence-electron chi connectivity index (χ0n) is 12.5. The predicted octanol–water partition coefficient (Wildman–Crippen LogP) is 3.50. The zero-order chi connectivity index (χ0) is 14.8. The van der Waals surface area contributed by atoms with Gasteiger partial charge in [-0.15, -0.1) is 0 Å². The molecule has 0 unspecified atom stereocenters. The molecule has 0 bridgehead atoms. The molecule has 21 heavy (non-hydrogen) atoms. The third kappa shape index (κ3) is 2.52. The van der Waals surface area contributed by atoms with Gasteiger partial charge in [0.05, 0.1) is 12.3 Å². The summed E-state index contributed by atoms with van der Waals surface area (Å²) in [6.45, 7) is 5.33. The van der Waals surface area contributed by atoms with Crippen LogP contribution in [-0.4, -0.2) is 30.4 Å². The molecule has 1 aromatic carbocycles. The smallest absolute Gasteiger partial charge is 0.141 e. The number of fused-ring (bicyclic) bond motifs is 1. The van der Waals surface area contributed by atoms with E-state index in [4.69, 9.17) is 9.26 Å². The number of nitrogens with zero attached hydrogens (tertiary/aromatic N) is 1. The Balaban J connectivity index is 2.08. The molecule has 5 heteroatoms. The zero-order valence-corrected chi connectivity index (χ0v) is 12.5. The quantitative estimate of drug-likeness (QED) is 0.704. The Bertz CT molecular complexity index is 739. The first kappa shape index (κ1) is 13.7. The van der Waals surface area contributed by atoms with Gasteiger partial charge in [-0.05, 0) is 37.6 Å². The average Bonchev–Trinajstić information content (AvgIpc) is 3.06. The van der Waals surface area contributed by atoms with Crippen LogP contribution in [0.3, 0.4) is 0 Å². The number of aromatic nitrogens is 2. The molecule has 3 rings (SSSR count). The second kappa shape index (κ2) is 5.61. The molecule has 0 aliphatic heterocycles. The standard InChI is InChI=1S/C16H19N3O2/c1-10-16(11(2)21-19-10)12-8-14-13(4-5-17-14)15(9-12)18-6-7-20-3/h4-5,8-9,17-18H,6-7H2,1-3H3. The number of rotatable bonds is 5. The molecule has 110 valence electrons. The molecule has 0 saturated heterocycles. The maximum Gasteiger partial charge on any atom is 0.141 e. The molecule has 2 aromatic heterocycles. The van der Waals surface area contributed by atoms with Crippen molar-refractivity contribution in [1.29, 1.82) is 0 Å². The molecule has 0 spiro atoms. The molecular weight excluding hydrogens is 266 g/mol. The lowest BCUT2D eigenvalue weighted by atomic mass is 10.0. The monoisotopic (exact) mass is 285 g/mol. The van der Waals surface area contributed by atoms with E-state index in [1.54, 1.807) is 7.11 Å². The van der Waals surface area contributed by atoms with Gasteiger partial charge in [-0.25, -0.2) is 0 Å². The number of aryl methyl sites for hydroxylation is 2. The second-order valence-corrected chi connectivity index (χ2v) is 5.08. The maximum atomic E-state index is 5.28. The van der Waals surface area contributed by atoms with Crippen LogP contribution in [0.2, 0.25) is 0 Å². The summed E-state index contributed by atoms with van der Waals surface area (Å²) < 4.78 is 10.4. The van der Waals surface area contributed by atoms with Crippen LogP contribution in [0.5, 0.6) is 0 Å². The number of hydrogen-bond acceptors (Lipinski definition) is 4. The number of aromatic amines is 1. The maximum absolute atomic E-state index is 5.28. The van der Waals surface area contributed by atoms with Crippen LogP contribution < -0.4 is 5.32 Å². The van der Waals surface area contributed by atoms with Crippen molar-refractivity contribution in [2.45, 2.75) is 13.8 Å². The first-order chi connectivity index (χ1) is 10.2. The van der Waals surface area contributed by atoms with Gasteiger partial charge in [-0.2, -0.15) is 0 Å². The molecule has 3 aromatic rings. The molecular formula is C16H19N3O2. The minimum Gasteiger partial charge on any atom is -0.383 e. The van der Waals surface area contributed by atoms with Gasteiger partial charge in [0, 0.05) is 42.0 Å². The second-order valence-electron chi connectivity index (χ2n) is 5.08. The molecule has 2 N–H and O–H groups in total. The van der Waals surface area contributed by atoms with E-state index in [-0.39, 0.29) is 0 Å².